The van der Waals surface area contributed by atoms with E-state index in [-0.39, 0.29) is 6.10 Å². The minimum absolute atomic E-state index is 0.163. The molecule has 0 fully saturated rings. The van der Waals surface area contributed by atoms with Crippen molar-refractivity contribution in [2.24, 2.45) is 0 Å². The van der Waals surface area contributed by atoms with Crippen molar-refractivity contribution in [2.45, 2.75) is 71.3 Å². The predicted octanol–water partition coefficient (Wildman–Crippen LogP) is 3.33. The topological polar surface area (TPSA) is 47.3 Å². The molecule has 3 heteroatoms. The van der Waals surface area contributed by atoms with E-state index < -0.39 is 0 Å². The van der Waals surface area contributed by atoms with Crippen LogP contribution in [0.2, 0.25) is 0 Å². The second-order valence-electron chi connectivity index (χ2n) is 4.96. The normalized spacial score (nSPS) is 12.6. The average Bonchev–Trinajstić information content (AvgIpc) is 2.39. The van der Waals surface area contributed by atoms with Gasteiger partial charge in [-0.05, 0) is 25.9 Å². The van der Waals surface area contributed by atoms with E-state index in [2.05, 4.69) is 24.8 Å². The van der Waals surface area contributed by atoms with Gasteiger partial charge in [0.05, 0.1) is 12.2 Å². The number of nitrogens with zero attached hydrogens (tertiary/aromatic N) is 2. The van der Waals surface area contributed by atoms with E-state index in [0.29, 0.717) is 6.42 Å². The van der Waals surface area contributed by atoms with E-state index in [9.17, 15) is 5.11 Å². The van der Waals surface area contributed by atoms with Gasteiger partial charge in [0.15, 0.2) is 0 Å². The van der Waals surface area contributed by atoms with Gasteiger partial charge in [0.25, 0.3) is 0 Å². The first kappa shape index (κ1) is 17.4. The summed E-state index contributed by atoms with van der Waals surface area (Å²) >= 11 is 0. The second-order valence-corrected chi connectivity index (χ2v) is 4.96. The van der Waals surface area contributed by atoms with Crippen LogP contribution in [0.15, 0.2) is 0 Å². The molecule has 3 nitrogen and oxygen atoms in total. The molecular weight excluding hydrogens is 224 g/mol. The lowest BCUT2D eigenvalue weighted by atomic mass is 10.1. The van der Waals surface area contributed by atoms with Gasteiger partial charge in [0, 0.05) is 13.0 Å². The van der Waals surface area contributed by atoms with Crippen LogP contribution in [0.3, 0.4) is 0 Å². The van der Waals surface area contributed by atoms with Crippen LogP contribution in [0.5, 0.6) is 0 Å². The smallest absolute Gasteiger partial charge is 0.0667 e. The van der Waals surface area contributed by atoms with E-state index in [1.807, 2.05) is 0 Å². The minimum atomic E-state index is -0.163. The molecule has 0 aliphatic heterocycles. The summed E-state index contributed by atoms with van der Waals surface area (Å²) < 4.78 is 0. The van der Waals surface area contributed by atoms with Crippen molar-refractivity contribution in [3.05, 3.63) is 0 Å². The molecule has 0 heterocycles. The maximum atomic E-state index is 9.88. The fraction of sp³-hybridized carbons (Fsp3) is 0.933. The molecule has 106 valence electrons. The van der Waals surface area contributed by atoms with Crippen molar-refractivity contribution in [1.82, 2.24) is 4.90 Å². The van der Waals surface area contributed by atoms with Crippen LogP contribution in [0.1, 0.15) is 65.2 Å². The summed E-state index contributed by atoms with van der Waals surface area (Å²) in [7, 11) is 0. The summed E-state index contributed by atoms with van der Waals surface area (Å²) in [4.78, 5) is 2.27. The molecule has 18 heavy (non-hydrogen) atoms. The van der Waals surface area contributed by atoms with Gasteiger partial charge in [0.2, 0.25) is 0 Å². The third kappa shape index (κ3) is 10.6. The Hall–Kier alpha value is -0.590. The minimum Gasteiger partial charge on any atom is -0.392 e. The van der Waals surface area contributed by atoms with Crippen LogP contribution in [0.4, 0.5) is 0 Å². The Morgan fingerprint density at radius 1 is 1.00 bits per heavy atom. The quantitative estimate of drug-likeness (QED) is 0.543. The summed E-state index contributed by atoms with van der Waals surface area (Å²) in [6, 6.07) is 2.18. The molecule has 0 rings (SSSR count). The Labute approximate surface area is 113 Å². The molecule has 0 spiro atoms. The lowest BCUT2D eigenvalue weighted by Crippen LogP contribution is -2.32. The highest BCUT2D eigenvalue weighted by atomic mass is 16.3. The number of aliphatic hydroxyl groups is 1. The molecule has 0 aliphatic carbocycles. The van der Waals surface area contributed by atoms with Crippen molar-refractivity contribution in [3.8, 4) is 6.07 Å². The molecule has 0 saturated heterocycles. The Morgan fingerprint density at radius 2 is 1.56 bits per heavy atom. The molecule has 1 N–H and O–H groups in total. The van der Waals surface area contributed by atoms with Crippen molar-refractivity contribution < 1.29 is 5.11 Å². The second kappa shape index (κ2) is 12.9. The Kier molecular flexibility index (Phi) is 12.4. The number of hydrogen-bond donors (Lipinski definition) is 1. The first-order valence-corrected chi connectivity index (χ1v) is 7.51. The van der Waals surface area contributed by atoms with Gasteiger partial charge < -0.3 is 10.0 Å². The lowest BCUT2D eigenvalue weighted by molar-refractivity contribution is 0.108. The number of rotatable bonds is 12. The summed E-state index contributed by atoms with van der Waals surface area (Å²) in [5.41, 5.74) is 0. The van der Waals surface area contributed by atoms with Gasteiger partial charge in [-0.2, -0.15) is 5.26 Å². The maximum Gasteiger partial charge on any atom is 0.0667 e. The zero-order valence-corrected chi connectivity index (χ0v) is 12.2. The highest BCUT2D eigenvalue weighted by Gasteiger charge is 2.08. The number of hydrogen-bond acceptors (Lipinski definition) is 3. The fourth-order valence-corrected chi connectivity index (χ4v) is 2.16. The van der Waals surface area contributed by atoms with E-state index >= 15 is 0 Å². The molecule has 0 aromatic carbocycles. The van der Waals surface area contributed by atoms with E-state index in [0.717, 1.165) is 38.9 Å². The van der Waals surface area contributed by atoms with Crippen LogP contribution in [-0.2, 0) is 0 Å². The summed E-state index contributed by atoms with van der Waals surface area (Å²) in [5, 5.41) is 18.3. The zero-order chi connectivity index (χ0) is 13.6. The van der Waals surface area contributed by atoms with Gasteiger partial charge >= 0.3 is 0 Å². The van der Waals surface area contributed by atoms with Crippen molar-refractivity contribution >= 4 is 0 Å². The Balaban J connectivity index is 3.30. The molecule has 0 amide bonds. The molecule has 1 atom stereocenters. The maximum absolute atomic E-state index is 9.88. The first-order chi connectivity index (χ1) is 8.74. The zero-order valence-electron chi connectivity index (χ0n) is 12.2. The van der Waals surface area contributed by atoms with Gasteiger partial charge in [-0.25, -0.2) is 0 Å². The molecule has 0 radical (unpaired) electrons. The van der Waals surface area contributed by atoms with Crippen molar-refractivity contribution in [2.75, 3.05) is 19.6 Å². The van der Waals surface area contributed by atoms with Crippen LogP contribution in [0, 0.1) is 11.3 Å². The van der Waals surface area contributed by atoms with Gasteiger partial charge in [0.1, 0.15) is 0 Å². The summed E-state index contributed by atoms with van der Waals surface area (Å²) in [6.45, 7) is 7.13. The van der Waals surface area contributed by atoms with Gasteiger partial charge in [-0.15, -0.1) is 0 Å². The largest absolute Gasteiger partial charge is 0.392 e. The van der Waals surface area contributed by atoms with E-state index in [4.69, 9.17) is 5.26 Å². The average molecular weight is 254 g/mol. The van der Waals surface area contributed by atoms with E-state index in [1.54, 1.807) is 0 Å². The molecule has 0 aromatic heterocycles. The lowest BCUT2D eigenvalue weighted by Gasteiger charge is -2.21. The third-order valence-electron chi connectivity index (χ3n) is 3.44. The van der Waals surface area contributed by atoms with Crippen LogP contribution in [0.25, 0.3) is 0 Å². The molecular formula is C15H30N2O. The molecule has 0 aliphatic rings. The van der Waals surface area contributed by atoms with Crippen LogP contribution >= 0.6 is 0 Å². The standard InChI is InChI=1S/C15H30N2O/c1-3-17(4-2)14-15(18)12-10-8-6-5-7-9-11-13-16/h15,18H,3-12,14H2,1-2H3. The summed E-state index contributed by atoms with van der Waals surface area (Å²) in [6.07, 6.45) is 8.48. The Bertz CT molecular complexity index is 209. The molecule has 1 unspecified atom stereocenters. The fourth-order valence-electron chi connectivity index (χ4n) is 2.16. The summed E-state index contributed by atoms with van der Waals surface area (Å²) in [5.74, 6) is 0. The predicted molar refractivity (Wildman–Crippen MR) is 76.3 cm³/mol. The highest BCUT2D eigenvalue weighted by molar-refractivity contribution is 4.68. The van der Waals surface area contributed by atoms with Gasteiger partial charge in [-0.3, -0.25) is 0 Å². The van der Waals surface area contributed by atoms with Crippen LogP contribution < -0.4 is 0 Å². The highest BCUT2D eigenvalue weighted by Crippen LogP contribution is 2.10. The number of likely N-dealkylation sites (N-methyl/N-ethyl adjacent to an activating group) is 1. The van der Waals surface area contributed by atoms with Gasteiger partial charge in [-0.1, -0.05) is 46.0 Å². The Morgan fingerprint density at radius 3 is 2.11 bits per heavy atom. The SMILES string of the molecule is CCN(CC)CC(O)CCCCCCCCC#N. The molecule has 0 bridgehead atoms. The van der Waals surface area contributed by atoms with Crippen molar-refractivity contribution in [3.63, 3.8) is 0 Å². The monoisotopic (exact) mass is 254 g/mol. The third-order valence-corrected chi connectivity index (χ3v) is 3.44. The molecule has 0 saturated carbocycles. The number of unbranched alkanes of at least 4 members (excludes halogenated alkanes) is 6. The molecule has 0 aromatic rings. The number of nitriles is 1. The first-order valence-electron chi connectivity index (χ1n) is 7.51. The van der Waals surface area contributed by atoms with Crippen LogP contribution in [-0.4, -0.2) is 35.7 Å². The van der Waals surface area contributed by atoms with Crippen molar-refractivity contribution in [1.29, 1.82) is 5.26 Å². The van der Waals surface area contributed by atoms with E-state index in [1.165, 1.54) is 25.7 Å². The number of aliphatic hydroxyl groups excluding tert-OH is 1.